The van der Waals surface area contributed by atoms with E-state index in [1.165, 1.54) is 0 Å². The quantitative estimate of drug-likeness (QED) is 0.597. The molecule has 0 spiro atoms. The second-order valence-corrected chi connectivity index (χ2v) is 4.78. The highest BCUT2D eigenvalue weighted by molar-refractivity contribution is 6.33. The molecular formula is C14H22ClN3O. The number of nitrogens with two attached hydrogens (primary N) is 1. The summed E-state index contributed by atoms with van der Waals surface area (Å²) >= 11 is 5.89. The molecule has 106 valence electrons. The molecule has 0 heterocycles. The van der Waals surface area contributed by atoms with Crippen LogP contribution in [-0.4, -0.2) is 37.0 Å². The molecule has 0 aliphatic heterocycles. The molecule has 0 fully saturated rings. The van der Waals surface area contributed by atoms with Gasteiger partial charge in [-0.05, 0) is 44.3 Å². The van der Waals surface area contributed by atoms with Gasteiger partial charge >= 0.3 is 0 Å². The zero-order valence-electron chi connectivity index (χ0n) is 11.6. The molecule has 1 aromatic rings. The first-order chi connectivity index (χ1) is 9.08. The monoisotopic (exact) mass is 283 g/mol. The van der Waals surface area contributed by atoms with Crippen LogP contribution in [0.3, 0.4) is 0 Å². The fourth-order valence-electron chi connectivity index (χ4n) is 1.81. The minimum atomic E-state index is -0.110. The van der Waals surface area contributed by atoms with Gasteiger partial charge in [-0.1, -0.05) is 25.4 Å². The molecule has 4 nitrogen and oxygen atoms in total. The van der Waals surface area contributed by atoms with Gasteiger partial charge in [0, 0.05) is 12.1 Å². The first-order valence-electron chi connectivity index (χ1n) is 6.64. The van der Waals surface area contributed by atoms with Crippen molar-refractivity contribution in [2.45, 2.75) is 20.3 Å². The van der Waals surface area contributed by atoms with E-state index in [9.17, 15) is 4.79 Å². The first-order valence-corrected chi connectivity index (χ1v) is 7.01. The SMILES string of the molecule is CCN(CC)CCCNC(=O)c1ccc(N)c(Cl)c1. The Morgan fingerprint density at radius 2 is 2.05 bits per heavy atom. The number of anilines is 1. The summed E-state index contributed by atoms with van der Waals surface area (Å²) in [6.07, 6.45) is 0.941. The van der Waals surface area contributed by atoms with Crippen molar-refractivity contribution >= 4 is 23.2 Å². The minimum absolute atomic E-state index is 0.110. The third-order valence-corrected chi connectivity index (χ3v) is 3.42. The van der Waals surface area contributed by atoms with Crippen molar-refractivity contribution in [2.75, 3.05) is 31.9 Å². The number of benzene rings is 1. The molecule has 5 heteroatoms. The Bertz CT molecular complexity index is 419. The second kappa shape index (κ2) is 8.02. The number of amides is 1. The second-order valence-electron chi connectivity index (χ2n) is 4.37. The van der Waals surface area contributed by atoms with Crippen LogP contribution in [0.4, 0.5) is 5.69 Å². The minimum Gasteiger partial charge on any atom is -0.398 e. The van der Waals surface area contributed by atoms with Crippen molar-refractivity contribution in [1.29, 1.82) is 0 Å². The molecule has 0 radical (unpaired) electrons. The summed E-state index contributed by atoms with van der Waals surface area (Å²) in [5.74, 6) is -0.110. The Balaban J connectivity index is 2.37. The van der Waals surface area contributed by atoms with Gasteiger partial charge in [-0.25, -0.2) is 0 Å². The van der Waals surface area contributed by atoms with Crippen molar-refractivity contribution in [3.8, 4) is 0 Å². The Labute approximate surface area is 119 Å². The zero-order valence-corrected chi connectivity index (χ0v) is 12.3. The van der Waals surface area contributed by atoms with Gasteiger partial charge in [0.1, 0.15) is 0 Å². The van der Waals surface area contributed by atoms with Crippen LogP contribution in [0.1, 0.15) is 30.6 Å². The van der Waals surface area contributed by atoms with Crippen LogP contribution in [-0.2, 0) is 0 Å². The normalized spacial score (nSPS) is 10.7. The first kappa shape index (κ1) is 15.8. The molecular weight excluding hydrogens is 262 g/mol. The predicted molar refractivity (Wildman–Crippen MR) is 80.6 cm³/mol. The summed E-state index contributed by atoms with van der Waals surface area (Å²) in [6, 6.07) is 4.92. The molecule has 0 saturated carbocycles. The van der Waals surface area contributed by atoms with Gasteiger partial charge in [-0.3, -0.25) is 4.79 Å². The molecule has 0 saturated heterocycles. The highest BCUT2D eigenvalue weighted by atomic mass is 35.5. The van der Waals surface area contributed by atoms with Crippen molar-refractivity contribution in [3.63, 3.8) is 0 Å². The van der Waals surface area contributed by atoms with E-state index in [0.717, 1.165) is 26.1 Å². The summed E-state index contributed by atoms with van der Waals surface area (Å²) in [6.45, 7) is 8.01. The molecule has 0 aliphatic rings. The summed E-state index contributed by atoms with van der Waals surface area (Å²) in [4.78, 5) is 14.2. The molecule has 1 rings (SSSR count). The molecule has 19 heavy (non-hydrogen) atoms. The molecule has 1 amide bonds. The van der Waals surface area contributed by atoms with Gasteiger partial charge < -0.3 is 16.0 Å². The topological polar surface area (TPSA) is 58.4 Å². The van der Waals surface area contributed by atoms with Crippen LogP contribution in [0.2, 0.25) is 5.02 Å². The smallest absolute Gasteiger partial charge is 0.251 e. The van der Waals surface area contributed by atoms with Gasteiger partial charge in [0.2, 0.25) is 0 Å². The maximum absolute atomic E-state index is 11.9. The molecule has 1 aromatic carbocycles. The van der Waals surface area contributed by atoms with E-state index in [0.29, 0.717) is 22.8 Å². The molecule has 0 atom stereocenters. The number of carbonyl (C=O) groups is 1. The molecule has 0 unspecified atom stereocenters. The number of rotatable bonds is 7. The number of carbonyl (C=O) groups excluding carboxylic acids is 1. The Morgan fingerprint density at radius 1 is 1.37 bits per heavy atom. The summed E-state index contributed by atoms with van der Waals surface area (Å²) in [5, 5.41) is 3.30. The van der Waals surface area contributed by atoms with Crippen LogP contribution in [0.25, 0.3) is 0 Å². The molecule has 0 aliphatic carbocycles. The van der Waals surface area contributed by atoms with E-state index in [2.05, 4.69) is 24.1 Å². The van der Waals surface area contributed by atoms with E-state index in [4.69, 9.17) is 17.3 Å². The van der Waals surface area contributed by atoms with Crippen molar-refractivity contribution < 1.29 is 4.79 Å². The van der Waals surface area contributed by atoms with Gasteiger partial charge in [0.15, 0.2) is 0 Å². The van der Waals surface area contributed by atoms with Gasteiger partial charge in [-0.15, -0.1) is 0 Å². The number of halogens is 1. The predicted octanol–water partition coefficient (Wildman–Crippen LogP) is 2.38. The Morgan fingerprint density at radius 3 is 2.63 bits per heavy atom. The van der Waals surface area contributed by atoms with Crippen LogP contribution in [0, 0.1) is 0 Å². The lowest BCUT2D eigenvalue weighted by Crippen LogP contribution is -2.29. The molecule has 0 aromatic heterocycles. The van der Waals surface area contributed by atoms with Crippen LogP contribution in [0.15, 0.2) is 18.2 Å². The number of hydrogen-bond acceptors (Lipinski definition) is 3. The lowest BCUT2D eigenvalue weighted by Gasteiger charge is -2.17. The van der Waals surface area contributed by atoms with E-state index < -0.39 is 0 Å². The van der Waals surface area contributed by atoms with Crippen molar-refractivity contribution in [1.82, 2.24) is 10.2 Å². The summed E-state index contributed by atoms with van der Waals surface area (Å²) < 4.78 is 0. The largest absolute Gasteiger partial charge is 0.398 e. The van der Waals surface area contributed by atoms with E-state index in [1.54, 1.807) is 18.2 Å². The number of nitrogen functional groups attached to an aromatic ring is 1. The third-order valence-electron chi connectivity index (χ3n) is 3.09. The molecule has 3 N–H and O–H groups in total. The highest BCUT2D eigenvalue weighted by Gasteiger charge is 2.07. The summed E-state index contributed by atoms with van der Waals surface area (Å²) in [7, 11) is 0. The highest BCUT2D eigenvalue weighted by Crippen LogP contribution is 2.19. The Hall–Kier alpha value is -1.26. The van der Waals surface area contributed by atoms with E-state index in [1.807, 2.05) is 0 Å². The Kier molecular flexibility index (Phi) is 6.67. The van der Waals surface area contributed by atoms with E-state index in [-0.39, 0.29) is 5.91 Å². The fourth-order valence-corrected chi connectivity index (χ4v) is 2.00. The number of nitrogens with zero attached hydrogens (tertiary/aromatic N) is 1. The average Bonchev–Trinajstić information content (AvgIpc) is 2.42. The van der Waals surface area contributed by atoms with Crippen LogP contribution < -0.4 is 11.1 Å². The molecule has 0 bridgehead atoms. The standard InChI is InChI=1S/C14H22ClN3O/c1-3-18(4-2)9-5-8-17-14(19)11-6-7-13(16)12(15)10-11/h6-7,10H,3-5,8-9,16H2,1-2H3,(H,17,19). The summed E-state index contributed by atoms with van der Waals surface area (Å²) in [5.41, 5.74) is 6.63. The lowest BCUT2D eigenvalue weighted by atomic mass is 10.2. The average molecular weight is 284 g/mol. The van der Waals surface area contributed by atoms with E-state index >= 15 is 0 Å². The van der Waals surface area contributed by atoms with Crippen LogP contribution in [0.5, 0.6) is 0 Å². The maximum Gasteiger partial charge on any atom is 0.251 e. The van der Waals surface area contributed by atoms with Crippen molar-refractivity contribution in [3.05, 3.63) is 28.8 Å². The van der Waals surface area contributed by atoms with Crippen LogP contribution >= 0.6 is 11.6 Å². The lowest BCUT2D eigenvalue weighted by molar-refractivity contribution is 0.0952. The number of nitrogens with one attached hydrogen (secondary N) is 1. The third kappa shape index (κ3) is 5.09. The number of hydrogen-bond donors (Lipinski definition) is 2. The fraction of sp³-hybridized carbons (Fsp3) is 0.500. The van der Waals surface area contributed by atoms with Gasteiger partial charge in [-0.2, -0.15) is 0 Å². The van der Waals surface area contributed by atoms with Gasteiger partial charge in [0.05, 0.1) is 10.7 Å². The maximum atomic E-state index is 11.9. The zero-order chi connectivity index (χ0) is 14.3. The van der Waals surface area contributed by atoms with Gasteiger partial charge in [0.25, 0.3) is 5.91 Å². The van der Waals surface area contributed by atoms with Crippen molar-refractivity contribution in [2.24, 2.45) is 0 Å².